The van der Waals surface area contributed by atoms with E-state index in [9.17, 15) is 13.2 Å². The van der Waals surface area contributed by atoms with Crippen LogP contribution in [0.5, 0.6) is 5.75 Å². The number of hydrogen-bond acceptors (Lipinski definition) is 1. The molecule has 180 valence electrons. The van der Waals surface area contributed by atoms with E-state index >= 15 is 0 Å². The maximum Gasteiger partial charge on any atom is 0.422 e. The Labute approximate surface area is 192 Å². The molecule has 1 nitrogen and oxygen atoms in total. The molecule has 0 aromatic heterocycles. The summed E-state index contributed by atoms with van der Waals surface area (Å²) in [7, 11) is 0. The second kappa shape index (κ2) is 12.7. The first-order valence-corrected chi connectivity index (χ1v) is 12.9. The molecule has 1 aromatic carbocycles. The van der Waals surface area contributed by atoms with Gasteiger partial charge in [0.05, 0.1) is 0 Å². The molecule has 2 aliphatic carbocycles. The molecule has 2 aliphatic rings. The summed E-state index contributed by atoms with van der Waals surface area (Å²) >= 11 is 0. The number of rotatable bonds is 10. The van der Waals surface area contributed by atoms with Crippen molar-refractivity contribution in [2.45, 2.75) is 96.6 Å². The van der Waals surface area contributed by atoms with Crippen LogP contribution in [0.15, 0.2) is 30.3 Å². The van der Waals surface area contributed by atoms with E-state index in [1.165, 1.54) is 83.5 Å². The second-order valence-electron chi connectivity index (χ2n) is 10.1. The molecular formula is C28H41F3O. The first-order valence-electron chi connectivity index (χ1n) is 12.9. The van der Waals surface area contributed by atoms with Crippen molar-refractivity contribution in [2.75, 3.05) is 6.61 Å². The molecule has 0 amide bonds. The Kier molecular flexibility index (Phi) is 9.99. The number of ether oxygens (including phenoxy) is 1. The average molecular weight is 451 g/mol. The van der Waals surface area contributed by atoms with Gasteiger partial charge < -0.3 is 4.74 Å². The van der Waals surface area contributed by atoms with Crippen LogP contribution in [-0.4, -0.2) is 12.8 Å². The minimum atomic E-state index is -4.30. The Balaban J connectivity index is 1.34. The lowest BCUT2D eigenvalue weighted by atomic mass is 9.68. The molecule has 0 N–H and O–H groups in total. The highest BCUT2D eigenvalue weighted by atomic mass is 19.4. The van der Waals surface area contributed by atoms with Gasteiger partial charge in [-0.1, -0.05) is 76.2 Å². The Bertz CT molecular complexity index is 663. The fraction of sp³-hybridized carbons (Fsp3) is 0.714. The van der Waals surface area contributed by atoms with Gasteiger partial charge in [0.15, 0.2) is 6.61 Å². The SMILES string of the molecule is CCCCCCC1CCC(C2CCC(C=Cc3ccc(OCC(F)(F)F)cc3)CC2)CC1. The highest BCUT2D eigenvalue weighted by Gasteiger charge is 2.30. The number of allylic oxidation sites excluding steroid dienone is 1. The van der Waals surface area contributed by atoms with Crippen LogP contribution in [0.1, 0.15) is 96.0 Å². The lowest BCUT2D eigenvalue weighted by molar-refractivity contribution is -0.153. The highest BCUT2D eigenvalue weighted by molar-refractivity contribution is 5.50. The van der Waals surface area contributed by atoms with E-state index < -0.39 is 12.8 Å². The summed E-state index contributed by atoms with van der Waals surface area (Å²) in [5.74, 6) is 3.76. The summed E-state index contributed by atoms with van der Waals surface area (Å²) in [6.45, 7) is 1.04. The summed E-state index contributed by atoms with van der Waals surface area (Å²) in [6.07, 6.45) is 18.2. The van der Waals surface area contributed by atoms with Gasteiger partial charge in [-0.15, -0.1) is 0 Å². The van der Waals surface area contributed by atoms with Crippen molar-refractivity contribution in [1.82, 2.24) is 0 Å². The molecule has 32 heavy (non-hydrogen) atoms. The molecule has 0 spiro atoms. The maximum absolute atomic E-state index is 12.2. The lowest BCUT2D eigenvalue weighted by Gasteiger charge is -2.37. The largest absolute Gasteiger partial charge is 0.484 e. The van der Waals surface area contributed by atoms with Crippen molar-refractivity contribution in [2.24, 2.45) is 23.7 Å². The van der Waals surface area contributed by atoms with Crippen LogP contribution < -0.4 is 4.74 Å². The zero-order chi connectivity index (χ0) is 22.8. The molecule has 2 saturated carbocycles. The Morgan fingerprint density at radius 2 is 1.47 bits per heavy atom. The van der Waals surface area contributed by atoms with Gasteiger partial charge in [0.2, 0.25) is 0 Å². The Hall–Kier alpha value is -1.45. The van der Waals surface area contributed by atoms with Crippen molar-refractivity contribution in [3.05, 3.63) is 35.9 Å². The van der Waals surface area contributed by atoms with Crippen LogP contribution in [0.2, 0.25) is 0 Å². The van der Waals surface area contributed by atoms with Crippen molar-refractivity contribution in [1.29, 1.82) is 0 Å². The fourth-order valence-electron chi connectivity index (χ4n) is 5.70. The van der Waals surface area contributed by atoms with E-state index in [1.807, 2.05) is 12.1 Å². The Morgan fingerprint density at radius 1 is 0.844 bits per heavy atom. The predicted molar refractivity (Wildman–Crippen MR) is 127 cm³/mol. The summed E-state index contributed by atoms with van der Waals surface area (Å²) in [4.78, 5) is 0. The molecule has 3 rings (SSSR count). The van der Waals surface area contributed by atoms with Gasteiger partial charge in [-0.05, 0) is 79.9 Å². The number of halogens is 3. The van der Waals surface area contributed by atoms with Gasteiger partial charge in [-0.25, -0.2) is 0 Å². The van der Waals surface area contributed by atoms with Crippen LogP contribution in [0, 0.1) is 23.7 Å². The lowest BCUT2D eigenvalue weighted by Crippen LogP contribution is -2.25. The van der Waals surface area contributed by atoms with Gasteiger partial charge >= 0.3 is 6.18 Å². The molecular weight excluding hydrogens is 409 g/mol. The summed E-state index contributed by atoms with van der Waals surface area (Å²) in [5.41, 5.74) is 1.02. The van der Waals surface area contributed by atoms with Gasteiger partial charge in [0.25, 0.3) is 0 Å². The van der Waals surface area contributed by atoms with Crippen LogP contribution in [0.3, 0.4) is 0 Å². The molecule has 0 bridgehead atoms. The van der Waals surface area contributed by atoms with Gasteiger partial charge in [0.1, 0.15) is 5.75 Å². The number of benzene rings is 1. The van der Waals surface area contributed by atoms with E-state index in [0.29, 0.717) is 5.92 Å². The van der Waals surface area contributed by atoms with Crippen molar-refractivity contribution in [3.63, 3.8) is 0 Å². The van der Waals surface area contributed by atoms with E-state index in [1.54, 1.807) is 12.1 Å². The molecule has 0 atom stereocenters. The normalized spacial score (nSPS) is 27.0. The summed E-state index contributed by atoms with van der Waals surface area (Å²) in [5, 5.41) is 0. The maximum atomic E-state index is 12.2. The molecule has 0 aliphatic heterocycles. The van der Waals surface area contributed by atoms with Crippen molar-refractivity contribution >= 4 is 6.08 Å². The van der Waals surface area contributed by atoms with Gasteiger partial charge in [0, 0.05) is 0 Å². The topological polar surface area (TPSA) is 9.23 Å². The van der Waals surface area contributed by atoms with Gasteiger partial charge in [-0.2, -0.15) is 13.2 Å². The van der Waals surface area contributed by atoms with E-state index in [2.05, 4.69) is 19.1 Å². The minimum absolute atomic E-state index is 0.260. The van der Waals surface area contributed by atoms with Crippen LogP contribution in [0.25, 0.3) is 6.08 Å². The Morgan fingerprint density at radius 3 is 2.06 bits per heavy atom. The van der Waals surface area contributed by atoms with Crippen LogP contribution in [0.4, 0.5) is 13.2 Å². The number of hydrogen-bond donors (Lipinski definition) is 0. The van der Waals surface area contributed by atoms with E-state index in [4.69, 9.17) is 4.74 Å². The van der Waals surface area contributed by atoms with E-state index in [0.717, 1.165) is 23.3 Å². The smallest absolute Gasteiger partial charge is 0.422 e. The number of alkyl halides is 3. The molecule has 0 radical (unpaired) electrons. The zero-order valence-corrected chi connectivity index (χ0v) is 19.7. The first kappa shape index (κ1) is 25.2. The summed E-state index contributed by atoms with van der Waals surface area (Å²) in [6, 6.07) is 6.88. The molecule has 0 saturated heterocycles. The average Bonchev–Trinajstić information content (AvgIpc) is 2.80. The zero-order valence-electron chi connectivity index (χ0n) is 19.7. The van der Waals surface area contributed by atoms with Crippen LogP contribution in [-0.2, 0) is 0 Å². The predicted octanol–water partition coefficient (Wildman–Crippen LogP) is 9.22. The third kappa shape index (κ3) is 8.83. The summed E-state index contributed by atoms with van der Waals surface area (Å²) < 4.78 is 41.5. The van der Waals surface area contributed by atoms with Crippen LogP contribution >= 0.6 is 0 Å². The minimum Gasteiger partial charge on any atom is -0.484 e. The molecule has 1 aromatic rings. The highest BCUT2D eigenvalue weighted by Crippen LogP contribution is 2.42. The first-order chi connectivity index (χ1) is 15.4. The third-order valence-corrected chi connectivity index (χ3v) is 7.68. The molecule has 0 unspecified atom stereocenters. The standard InChI is InChI=1S/C28H41F3O/c1-2-3-4-5-6-22-9-15-25(16-10-22)26-17-11-23(12-18-26)7-8-24-13-19-27(20-14-24)32-21-28(29,30)31/h7-8,13-14,19-20,22-23,25-26H,2-6,9-12,15-18,21H2,1H3. The molecule has 2 fully saturated rings. The van der Waals surface area contributed by atoms with E-state index in [-0.39, 0.29) is 5.75 Å². The quantitative estimate of drug-likeness (QED) is 0.323. The number of unbranched alkanes of at least 4 members (excludes halogenated alkanes) is 3. The molecule has 4 heteroatoms. The van der Waals surface area contributed by atoms with Crippen molar-refractivity contribution in [3.8, 4) is 5.75 Å². The van der Waals surface area contributed by atoms with Gasteiger partial charge in [-0.3, -0.25) is 0 Å². The second-order valence-corrected chi connectivity index (χ2v) is 10.1. The molecule has 0 heterocycles. The fourth-order valence-corrected chi connectivity index (χ4v) is 5.70. The monoisotopic (exact) mass is 450 g/mol. The third-order valence-electron chi connectivity index (χ3n) is 7.68. The van der Waals surface area contributed by atoms with Crippen molar-refractivity contribution < 1.29 is 17.9 Å².